The fraction of sp³-hybridized carbons (Fsp3) is 0.692. The van der Waals surface area contributed by atoms with Gasteiger partial charge in [0.1, 0.15) is 0 Å². The highest BCUT2D eigenvalue weighted by atomic mass is 16.3. The number of nitrogens with zero attached hydrogens (tertiary/aromatic N) is 2. The second-order valence-corrected chi connectivity index (χ2v) is 4.89. The highest BCUT2D eigenvalue weighted by Gasteiger charge is 2.18. The Morgan fingerprint density at radius 2 is 2.24 bits per heavy atom. The molecule has 0 aromatic carbocycles. The molecule has 2 rings (SSSR count). The van der Waals surface area contributed by atoms with Crippen LogP contribution in [0.1, 0.15) is 37.8 Å². The molecule has 1 fully saturated rings. The highest BCUT2D eigenvalue weighted by Crippen LogP contribution is 2.28. The lowest BCUT2D eigenvalue weighted by atomic mass is 10.0. The quantitative estimate of drug-likeness (QED) is 0.784. The SMILES string of the molecule is OC(CNCc1cccnn1)CC1CCCC1. The van der Waals surface area contributed by atoms with Gasteiger partial charge in [-0.2, -0.15) is 10.2 Å². The average molecular weight is 235 g/mol. The van der Waals surface area contributed by atoms with Crippen molar-refractivity contribution in [2.75, 3.05) is 6.54 Å². The molecule has 4 nitrogen and oxygen atoms in total. The Morgan fingerprint density at radius 3 is 2.94 bits per heavy atom. The van der Waals surface area contributed by atoms with Crippen LogP contribution in [0.2, 0.25) is 0 Å². The van der Waals surface area contributed by atoms with Crippen LogP contribution in [0.4, 0.5) is 0 Å². The molecule has 0 spiro atoms. The van der Waals surface area contributed by atoms with Crippen molar-refractivity contribution in [1.29, 1.82) is 0 Å². The molecule has 1 aromatic rings. The number of hydrogen-bond donors (Lipinski definition) is 2. The predicted octanol–water partition coefficient (Wildman–Crippen LogP) is 1.51. The van der Waals surface area contributed by atoms with Gasteiger partial charge in [0.15, 0.2) is 0 Å². The Kier molecular flexibility index (Phi) is 4.88. The first-order valence-corrected chi connectivity index (χ1v) is 6.50. The Morgan fingerprint density at radius 1 is 1.41 bits per heavy atom. The maximum absolute atomic E-state index is 9.89. The molecule has 0 radical (unpaired) electrons. The fourth-order valence-electron chi connectivity index (χ4n) is 2.51. The molecule has 94 valence electrons. The number of aliphatic hydroxyl groups excluding tert-OH is 1. The van der Waals surface area contributed by atoms with Crippen LogP contribution in [0, 0.1) is 5.92 Å². The minimum atomic E-state index is -0.227. The van der Waals surface area contributed by atoms with Crippen molar-refractivity contribution in [3.8, 4) is 0 Å². The summed E-state index contributed by atoms with van der Waals surface area (Å²) < 4.78 is 0. The van der Waals surface area contributed by atoms with Gasteiger partial charge in [-0.25, -0.2) is 0 Å². The summed E-state index contributed by atoms with van der Waals surface area (Å²) in [6.45, 7) is 1.32. The molecule has 1 unspecified atom stereocenters. The van der Waals surface area contributed by atoms with E-state index < -0.39 is 0 Å². The Balaban J connectivity index is 1.61. The summed E-state index contributed by atoms with van der Waals surface area (Å²) in [5, 5.41) is 20.9. The van der Waals surface area contributed by atoms with Crippen LogP contribution in [-0.2, 0) is 6.54 Å². The lowest BCUT2D eigenvalue weighted by Gasteiger charge is -2.15. The molecule has 1 atom stereocenters. The molecule has 0 bridgehead atoms. The van der Waals surface area contributed by atoms with E-state index in [0.717, 1.165) is 18.0 Å². The van der Waals surface area contributed by atoms with E-state index in [9.17, 15) is 5.11 Å². The standard InChI is InChI=1S/C13H21N3O/c17-13(8-11-4-1-2-5-11)10-14-9-12-6-3-7-15-16-12/h3,6-7,11,13-14,17H,1-2,4-5,8-10H2. The summed E-state index contributed by atoms with van der Waals surface area (Å²) >= 11 is 0. The van der Waals surface area contributed by atoms with E-state index in [1.165, 1.54) is 25.7 Å². The van der Waals surface area contributed by atoms with Crippen LogP contribution in [0.15, 0.2) is 18.3 Å². The van der Waals surface area contributed by atoms with E-state index in [1.54, 1.807) is 6.20 Å². The largest absolute Gasteiger partial charge is 0.392 e. The normalized spacial score (nSPS) is 18.4. The predicted molar refractivity (Wildman–Crippen MR) is 66.3 cm³/mol. The number of rotatable bonds is 6. The van der Waals surface area contributed by atoms with Gasteiger partial charge >= 0.3 is 0 Å². The van der Waals surface area contributed by atoms with E-state index >= 15 is 0 Å². The van der Waals surface area contributed by atoms with E-state index in [1.807, 2.05) is 12.1 Å². The Labute approximate surface area is 102 Å². The number of aromatic nitrogens is 2. The monoisotopic (exact) mass is 235 g/mol. The summed E-state index contributed by atoms with van der Waals surface area (Å²) in [5.74, 6) is 0.739. The van der Waals surface area contributed by atoms with E-state index in [2.05, 4.69) is 15.5 Å². The molecule has 1 heterocycles. The molecule has 0 saturated heterocycles. The van der Waals surface area contributed by atoms with Crippen molar-refractivity contribution >= 4 is 0 Å². The first kappa shape index (κ1) is 12.5. The second-order valence-electron chi connectivity index (χ2n) is 4.89. The lowest BCUT2D eigenvalue weighted by Crippen LogP contribution is -2.28. The third-order valence-corrected chi connectivity index (χ3v) is 3.39. The Bertz CT molecular complexity index is 312. The molecule has 4 heteroatoms. The van der Waals surface area contributed by atoms with Crippen LogP contribution < -0.4 is 5.32 Å². The van der Waals surface area contributed by atoms with Crippen molar-refractivity contribution in [1.82, 2.24) is 15.5 Å². The summed E-state index contributed by atoms with van der Waals surface area (Å²) in [4.78, 5) is 0. The number of hydrogen-bond acceptors (Lipinski definition) is 4. The van der Waals surface area contributed by atoms with Crippen molar-refractivity contribution in [3.63, 3.8) is 0 Å². The van der Waals surface area contributed by atoms with Gasteiger partial charge in [0.2, 0.25) is 0 Å². The molecule has 2 N–H and O–H groups in total. The van der Waals surface area contributed by atoms with Crippen LogP contribution in [0.5, 0.6) is 0 Å². The first-order chi connectivity index (χ1) is 8.34. The van der Waals surface area contributed by atoms with Gasteiger partial charge in [-0.3, -0.25) is 0 Å². The minimum absolute atomic E-state index is 0.227. The fourth-order valence-corrected chi connectivity index (χ4v) is 2.51. The molecular formula is C13H21N3O. The van der Waals surface area contributed by atoms with Crippen LogP contribution in [-0.4, -0.2) is 28.0 Å². The molecule has 0 amide bonds. The lowest BCUT2D eigenvalue weighted by molar-refractivity contribution is 0.140. The van der Waals surface area contributed by atoms with Gasteiger partial charge in [0.25, 0.3) is 0 Å². The van der Waals surface area contributed by atoms with Gasteiger partial charge in [-0.1, -0.05) is 25.7 Å². The second kappa shape index (κ2) is 6.67. The van der Waals surface area contributed by atoms with E-state index in [-0.39, 0.29) is 6.10 Å². The number of aliphatic hydroxyl groups is 1. The molecule has 17 heavy (non-hydrogen) atoms. The van der Waals surface area contributed by atoms with Gasteiger partial charge in [-0.05, 0) is 24.5 Å². The van der Waals surface area contributed by atoms with Gasteiger partial charge in [0, 0.05) is 19.3 Å². The molecular weight excluding hydrogens is 214 g/mol. The summed E-state index contributed by atoms with van der Waals surface area (Å²) in [6.07, 6.45) is 7.64. The summed E-state index contributed by atoms with van der Waals surface area (Å²) in [6, 6.07) is 3.81. The topological polar surface area (TPSA) is 58.0 Å². The van der Waals surface area contributed by atoms with E-state index in [0.29, 0.717) is 13.1 Å². The minimum Gasteiger partial charge on any atom is -0.392 e. The molecule has 0 aliphatic heterocycles. The zero-order valence-electron chi connectivity index (χ0n) is 10.2. The first-order valence-electron chi connectivity index (χ1n) is 6.50. The number of nitrogens with one attached hydrogen (secondary N) is 1. The molecule has 1 aliphatic rings. The molecule has 1 aliphatic carbocycles. The smallest absolute Gasteiger partial charge is 0.0768 e. The highest BCUT2D eigenvalue weighted by molar-refractivity contribution is 4.98. The van der Waals surface area contributed by atoms with Crippen molar-refractivity contribution in [2.45, 2.75) is 44.8 Å². The van der Waals surface area contributed by atoms with Gasteiger partial charge < -0.3 is 10.4 Å². The van der Waals surface area contributed by atoms with Gasteiger partial charge in [-0.15, -0.1) is 0 Å². The third-order valence-electron chi connectivity index (χ3n) is 3.39. The van der Waals surface area contributed by atoms with Crippen LogP contribution in [0.25, 0.3) is 0 Å². The van der Waals surface area contributed by atoms with Crippen LogP contribution >= 0.6 is 0 Å². The van der Waals surface area contributed by atoms with E-state index in [4.69, 9.17) is 0 Å². The average Bonchev–Trinajstić information content (AvgIpc) is 2.83. The maximum Gasteiger partial charge on any atom is 0.0768 e. The summed E-state index contributed by atoms with van der Waals surface area (Å²) in [7, 11) is 0. The molecule has 1 saturated carbocycles. The van der Waals surface area contributed by atoms with Crippen molar-refractivity contribution in [3.05, 3.63) is 24.0 Å². The third kappa shape index (κ3) is 4.40. The summed E-state index contributed by atoms with van der Waals surface area (Å²) in [5.41, 5.74) is 0.917. The zero-order chi connectivity index (χ0) is 11.9. The van der Waals surface area contributed by atoms with Crippen LogP contribution in [0.3, 0.4) is 0 Å². The maximum atomic E-state index is 9.89. The Hall–Kier alpha value is -1.00. The van der Waals surface area contributed by atoms with Gasteiger partial charge in [0.05, 0.1) is 11.8 Å². The van der Waals surface area contributed by atoms with Crippen molar-refractivity contribution < 1.29 is 5.11 Å². The van der Waals surface area contributed by atoms with Crippen molar-refractivity contribution in [2.24, 2.45) is 5.92 Å². The zero-order valence-corrected chi connectivity index (χ0v) is 10.2. The molecule has 1 aromatic heterocycles.